The van der Waals surface area contributed by atoms with Crippen molar-refractivity contribution in [3.8, 4) is 11.4 Å². The van der Waals surface area contributed by atoms with Crippen LogP contribution in [-0.4, -0.2) is 43.7 Å². The Labute approximate surface area is 206 Å². The summed E-state index contributed by atoms with van der Waals surface area (Å²) in [5, 5.41) is 23.1. The topological polar surface area (TPSA) is 109 Å². The number of carboxylic acid groups (broad SMARTS) is 1. The number of carbonyl (C=O) groups is 2. The number of rotatable bonds is 8. The SMILES string of the molecule is O=C(CSc1nnc(-c2ccc(Cl)cc2)n1C1CCCCC1)N/N=C/c1ccc(C(=O)O)cc1. The average Bonchev–Trinajstić information content (AvgIpc) is 3.28. The van der Waals surface area contributed by atoms with Crippen molar-refractivity contribution in [2.45, 2.75) is 43.3 Å². The van der Waals surface area contributed by atoms with Crippen LogP contribution >= 0.6 is 23.4 Å². The third kappa shape index (κ3) is 6.03. The first kappa shape index (κ1) is 24.0. The molecule has 34 heavy (non-hydrogen) atoms. The van der Waals surface area contributed by atoms with Crippen molar-refractivity contribution in [2.75, 3.05) is 5.75 Å². The summed E-state index contributed by atoms with van der Waals surface area (Å²) in [4.78, 5) is 23.3. The Morgan fingerprint density at radius 3 is 2.47 bits per heavy atom. The molecule has 1 aromatic heterocycles. The normalized spacial score (nSPS) is 14.4. The van der Waals surface area contributed by atoms with Crippen LogP contribution in [0.3, 0.4) is 0 Å². The average molecular weight is 498 g/mol. The van der Waals surface area contributed by atoms with Crippen molar-refractivity contribution in [3.63, 3.8) is 0 Å². The van der Waals surface area contributed by atoms with E-state index < -0.39 is 5.97 Å². The Morgan fingerprint density at radius 1 is 1.09 bits per heavy atom. The number of nitrogens with zero attached hydrogens (tertiary/aromatic N) is 4. The monoisotopic (exact) mass is 497 g/mol. The van der Waals surface area contributed by atoms with Gasteiger partial charge >= 0.3 is 5.97 Å². The molecule has 1 fully saturated rings. The number of thioether (sulfide) groups is 1. The molecule has 176 valence electrons. The lowest BCUT2D eigenvalue weighted by molar-refractivity contribution is -0.118. The second kappa shape index (κ2) is 11.3. The molecule has 2 N–H and O–H groups in total. The van der Waals surface area contributed by atoms with E-state index in [1.807, 2.05) is 24.3 Å². The van der Waals surface area contributed by atoms with Crippen molar-refractivity contribution in [2.24, 2.45) is 5.10 Å². The number of hydrogen-bond acceptors (Lipinski definition) is 6. The molecule has 1 saturated carbocycles. The molecule has 2 aromatic carbocycles. The minimum atomic E-state index is -0.992. The van der Waals surface area contributed by atoms with Crippen molar-refractivity contribution in [3.05, 3.63) is 64.7 Å². The highest BCUT2D eigenvalue weighted by molar-refractivity contribution is 7.99. The molecule has 0 unspecified atom stereocenters. The summed E-state index contributed by atoms with van der Waals surface area (Å²) >= 11 is 7.38. The Hall–Kier alpha value is -3.17. The van der Waals surface area contributed by atoms with Crippen LogP contribution in [0.5, 0.6) is 0 Å². The van der Waals surface area contributed by atoms with Crippen LogP contribution in [0.15, 0.2) is 58.8 Å². The lowest BCUT2D eigenvalue weighted by Gasteiger charge is -2.25. The van der Waals surface area contributed by atoms with Gasteiger partial charge in [-0.1, -0.05) is 54.8 Å². The van der Waals surface area contributed by atoms with E-state index in [9.17, 15) is 9.59 Å². The van der Waals surface area contributed by atoms with Gasteiger partial charge in [-0.2, -0.15) is 5.10 Å². The summed E-state index contributed by atoms with van der Waals surface area (Å²) in [5.41, 5.74) is 4.32. The number of aromatic carboxylic acids is 1. The van der Waals surface area contributed by atoms with Crippen LogP contribution in [0.25, 0.3) is 11.4 Å². The second-order valence-corrected chi connectivity index (χ2v) is 9.36. The first-order chi connectivity index (χ1) is 16.5. The third-order valence-corrected chi connectivity index (χ3v) is 6.79. The molecule has 10 heteroatoms. The lowest BCUT2D eigenvalue weighted by atomic mass is 9.95. The van der Waals surface area contributed by atoms with E-state index in [-0.39, 0.29) is 17.2 Å². The molecule has 1 heterocycles. The highest BCUT2D eigenvalue weighted by Crippen LogP contribution is 2.35. The molecule has 0 bridgehead atoms. The number of carboxylic acids is 1. The number of halogens is 1. The predicted molar refractivity (Wildman–Crippen MR) is 132 cm³/mol. The first-order valence-electron chi connectivity index (χ1n) is 11.0. The van der Waals surface area contributed by atoms with Gasteiger partial charge in [-0.05, 0) is 54.8 Å². The Balaban J connectivity index is 1.42. The van der Waals surface area contributed by atoms with Gasteiger partial charge in [0.15, 0.2) is 11.0 Å². The number of hydrazone groups is 1. The number of aromatic nitrogens is 3. The molecular weight excluding hydrogens is 474 g/mol. The van der Waals surface area contributed by atoms with Gasteiger partial charge in [-0.25, -0.2) is 10.2 Å². The van der Waals surface area contributed by atoms with E-state index in [0.29, 0.717) is 21.8 Å². The molecular formula is C24H24ClN5O3S. The van der Waals surface area contributed by atoms with Gasteiger partial charge in [0.1, 0.15) is 0 Å². The smallest absolute Gasteiger partial charge is 0.335 e. The van der Waals surface area contributed by atoms with E-state index in [1.54, 1.807) is 12.1 Å². The highest BCUT2D eigenvalue weighted by Gasteiger charge is 2.24. The first-order valence-corrected chi connectivity index (χ1v) is 12.4. The van der Waals surface area contributed by atoms with Crippen LogP contribution in [0.2, 0.25) is 5.02 Å². The van der Waals surface area contributed by atoms with E-state index >= 15 is 0 Å². The fourth-order valence-electron chi connectivity index (χ4n) is 3.89. The van der Waals surface area contributed by atoms with Crippen molar-refractivity contribution < 1.29 is 14.7 Å². The lowest BCUT2D eigenvalue weighted by Crippen LogP contribution is -2.20. The van der Waals surface area contributed by atoms with Crippen LogP contribution in [-0.2, 0) is 4.79 Å². The summed E-state index contributed by atoms with van der Waals surface area (Å²) in [7, 11) is 0. The van der Waals surface area contributed by atoms with E-state index in [1.165, 1.54) is 36.5 Å². The maximum atomic E-state index is 12.4. The Bertz CT molecular complexity index is 1170. The molecule has 4 rings (SSSR count). The maximum absolute atomic E-state index is 12.4. The number of benzene rings is 2. The molecule has 1 aliphatic rings. The van der Waals surface area contributed by atoms with Gasteiger partial charge in [0.05, 0.1) is 17.5 Å². The molecule has 0 radical (unpaired) electrons. The van der Waals surface area contributed by atoms with Crippen LogP contribution in [0, 0.1) is 0 Å². The second-order valence-electron chi connectivity index (χ2n) is 7.98. The molecule has 1 aliphatic carbocycles. The molecule has 3 aromatic rings. The predicted octanol–water partition coefficient (Wildman–Crippen LogP) is 5.04. The maximum Gasteiger partial charge on any atom is 0.335 e. The standard InChI is InChI=1S/C24H24ClN5O3S/c25-19-12-10-17(11-13-19)22-28-29-24(30(22)20-4-2-1-3-5-20)34-15-21(31)27-26-14-16-6-8-18(9-7-16)23(32)33/h6-14,20H,1-5,15H2,(H,27,31)(H,32,33)/b26-14+. The summed E-state index contributed by atoms with van der Waals surface area (Å²) < 4.78 is 2.16. The molecule has 8 nitrogen and oxygen atoms in total. The number of carbonyl (C=O) groups excluding carboxylic acids is 1. The molecule has 0 aliphatic heterocycles. The third-order valence-electron chi connectivity index (χ3n) is 5.60. The quantitative estimate of drug-likeness (QED) is 0.256. The number of nitrogens with one attached hydrogen (secondary N) is 1. The minimum Gasteiger partial charge on any atom is -0.478 e. The molecule has 0 spiro atoms. The summed E-state index contributed by atoms with van der Waals surface area (Å²) in [6.45, 7) is 0. The fourth-order valence-corrected chi connectivity index (χ4v) is 4.82. The van der Waals surface area contributed by atoms with Gasteiger partial charge in [0.25, 0.3) is 5.91 Å². The molecule has 1 amide bonds. The van der Waals surface area contributed by atoms with E-state index in [0.717, 1.165) is 37.1 Å². The number of hydrogen-bond donors (Lipinski definition) is 2. The largest absolute Gasteiger partial charge is 0.478 e. The van der Waals surface area contributed by atoms with Crippen LogP contribution < -0.4 is 5.43 Å². The zero-order valence-corrected chi connectivity index (χ0v) is 19.9. The highest BCUT2D eigenvalue weighted by atomic mass is 35.5. The molecule has 0 saturated heterocycles. The minimum absolute atomic E-state index is 0.140. The summed E-state index contributed by atoms with van der Waals surface area (Å²) in [5.74, 6) is -0.334. The van der Waals surface area contributed by atoms with Gasteiger partial charge in [0.2, 0.25) is 0 Å². The van der Waals surface area contributed by atoms with E-state index in [2.05, 4.69) is 25.3 Å². The Morgan fingerprint density at radius 2 is 1.79 bits per heavy atom. The van der Waals surface area contributed by atoms with Crippen molar-refractivity contribution in [1.82, 2.24) is 20.2 Å². The van der Waals surface area contributed by atoms with E-state index in [4.69, 9.17) is 16.7 Å². The van der Waals surface area contributed by atoms with Gasteiger partial charge in [0, 0.05) is 16.6 Å². The van der Waals surface area contributed by atoms with Gasteiger partial charge in [-0.3, -0.25) is 9.36 Å². The zero-order valence-electron chi connectivity index (χ0n) is 18.4. The number of amides is 1. The van der Waals surface area contributed by atoms with Gasteiger partial charge < -0.3 is 5.11 Å². The van der Waals surface area contributed by atoms with Crippen LogP contribution in [0.1, 0.15) is 54.1 Å². The van der Waals surface area contributed by atoms with Crippen molar-refractivity contribution >= 4 is 41.5 Å². The summed E-state index contributed by atoms with van der Waals surface area (Å²) in [6, 6.07) is 14.1. The van der Waals surface area contributed by atoms with Crippen molar-refractivity contribution in [1.29, 1.82) is 0 Å². The Kier molecular flexibility index (Phi) is 7.97. The van der Waals surface area contributed by atoms with Crippen LogP contribution in [0.4, 0.5) is 0 Å². The molecule has 0 atom stereocenters. The fraction of sp³-hybridized carbons (Fsp3) is 0.292. The zero-order chi connectivity index (χ0) is 23.9. The summed E-state index contributed by atoms with van der Waals surface area (Å²) in [6.07, 6.45) is 7.15. The van der Waals surface area contributed by atoms with Gasteiger partial charge in [-0.15, -0.1) is 10.2 Å².